The first-order valence-electron chi connectivity index (χ1n) is 9.67. The lowest BCUT2D eigenvalue weighted by molar-refractivity contribution is -0.127. The van der Waals surface area contributed by atoms with Gasteiger partial charge in [-0.1, -0.05) is 97.3 Å². The first-order valence-corrected chi connectivity index (χ1v) is 9.67. The molecule has 0 bridgehead atoms. The van der Waals surface area contributed by atoms with Gasteiger partial charge in [0.15, 0.2) is 0 Å². The summed E-state index contributed by atoms with van der Waals surface area (Å²) in [5, 5.41) is 0. The van der Waals surface area contributed by atoms with E-state index in [2.05, 4.69) is 13.8 Å². The van der Waals surface area contributed by atoms with Crippen molar-refractivity contribution in [2.24, 2.45) is 5.41 Å². The topological polar surface area (TPSA) is 34.1 Å². The van der Waals surface area contributed by atoms with Gasteiger partial charge in [-0.25, -0.2) is 0 Å². The van der Waals surface area contributed by atoms with Gasteiger partial charge in [-0.05, 0) is 12.8 Å². The second kappa shape index (κ2) is 15.2. The minimum Gasteiger partial charge on any atom is -0.302 e. The lowest BCUT2D eigenvalue weighted by Crippen LogP contribution is -2.24. The van der Waals surface area contributed by atoms with Crippen molar-refractivity contribution in [3.63, 3.8) is 0 Å². The monoisotopic (exact) mass is 310 g/mol. The van der Waals surface area contributed by atoms with Gasteiger partial charge in [-0.3, -0.25) is 0 Å². The van der Waals surface area contributed by atoms with Gasteiger partial charge in [0.1, 0.15) is 12.6 Å². The molecule has 0 rings (SSSR count). The van der Waals surface area contributed by atoms with Crippen molar-refractivity contribution in [1.82, 2.24) is 0 Å². The summed E-state index contributed by atoms with van der Waals surface area (Å²) in [6, 6.07) is 0. The van der Waals surface area contributed by atoms with E-state index in [9.17, 15) is 9.59 Å². The second-order valence-corrected chi connectivity index (χ2v) is 6.86. The Bertz CT molecular complexity index is 252. The van der Waals surface area contributed by atoms with Crippen molar-refractivity contribution >= 4 is 12.6 Å². The molecule has 0 saturated heterocycles. The highest BCUT2D eigenvalue weighted by Gasteiger charge is 2.27. The maximum atomic E-state index is 11.4. The maximum absolute atomic E-state index is 11.4. The summed E-state index contributed by atoms with van der Waals surface area (Å²) in [6.07, 6.45) is 19.3. The zero-order valence-electron chi connectivity index (χ0n) is 15.1. The molecule has 0 fully saturated rings. The third kappa shape index (κ3) is 11.0. The third-order valence-electron chi connectivity index (χ3n) is 4.71. The Morgan fingerprint density at radius 1 is 0.545 bits per heavy atom. The van der Waals surface area contributed by atoms with Crippen LogP contribution in [0.2, 0.25) is 0 Å². The highest BCUT2D eigenvalue weighted by Crippen LogP contribution is 2.27. The Morgan fingerprint density at radius 2 is 0.864 bits per heavy atom. The number of carbonyl (C=O) groups is 2. The minimum atomic E-state index is -0.686. The minimum absolute atomic E-state index is 0.686. The Kier molecular flexibility index (Phi) is 14.8. The molecule has 0 heterocycles. The standard InChI is InChI=1S/C20H38O2/c1-3-5-7-9-10-11-12-13-15-17-20(18-21,19-22)16-14-8-6-4-2/h18-19H,3-17H2,1-2H3. The molecule has 0 radical (unpaired) electrons. The van der Waals surface area contributed by atoms with E-state index < -0.39 is 5.41 Å². The van der Waals surface area contributed by atoms with Crippen LogP contribution in [0.25, 0.3) is 0 Å². The number of hydrogen-bond acceptors (Lipinski definition) is 2. The van der Waals surface area contributed by atoms with Gasteiger partial charge < -0.3 is 9.59 Å². The summed E-state index contributed by atoms with van der Waals surface area (Å²) in [5.41, 5.74) is -0.686. The van der Waals surface area contributed by atoms with Gasteiger partial charge in [0.2, 0.25) is 0 Å². The molecular weight excluding hydrogens is 272 g/mol. The normalized spacial score (nSPS) is 11.5. The zero-order valence-corrected chi connectivity index (χ0v) is 15.1. The van der Waals surface area contributed by atoms with E-state index in [0.29, 0.717) is 0 Å². The molecule has 0 aliphatic heterocycles. The van der Waals surface area contributed by atoms with E-state index in [1.165, 1.54) is 57.8 Å². The molecule has 0 aromatic heterocycles. The van der Waals surface area contributed by atoms with Crippen molar-refractivity contribution in [2.75, 3.05) is 0 Å². The summed E-state index contributed by atoms with van der Waals surface area (Å²) >= 11 is 0. The fourth-order valence-corrected chi connectivity index (χ4v) is 3.03. The molecule has 0 unspecified atom stereocenters. The molecule has 2 heteroatoms. The van der Waals surface area contributed by atoms with Crippen molar-refractivity contribution in [2.45, 2.75) is 110 Å². The molecule has 0 aromatic carbocycles. The lowest BCUT2D eigenvalue weighted by Gasteiger charge is -2.21. The molecule has 0 saturated carbocycles. The van der Waals surface area contributed by atoms with Crippen LogP contribution in [0.3, 0.4) is 0 Å². The number of unbranched alkanes of at least 4 members (excludes halogenated alkanes) is 11. The molecular formula is C20H38O2. The van der Waals surface area contributed by atoms with E-state index >= 15 is 0 Å². The molecule has 0 aliphatic carbocycles. The summed E-state index contributed by atoms with van der Waals surface area (Å²) in [4.78, 5) is 22.7. The Morgan fingerprint density at radius 3 is 1.23 bits per heavy atom. The average molecular weight is 311 g/mol. The largest absolute Gasteiger partial charge is 0.302 e. The van der Waals surface area contributed by atoms with Crippen LogP contribution >= 0.6 is 0 Å². The van der Waals surface area contributed by atoms with Crippen LogP contribution in [-0.4, -0.2) is 12.6 Å². The van der Waals surface area contributed by atoms with Crippen LogP contribution in [0.4, 0.5) is 0 Å². The van der Waals surface area contributed by atoms with E-state index in [1.54, 1.807) is 0 Å². The van der Waals surface area contributed by atoms with Gasteiger partial charge >= 0.3 is 0 Å². The number of aldehydes is 2. The number of rotatable bonds is 17. The van der Waals surface area contributed by atoms with Crippen molar-refractivity contribution in [3.05, 3.63) is 0 Å². The fraction of sp³-hybridized carbons (Fsp3) is 0.900. The molecule has 22 heavy (non-hydrogen) atoms. The molecule has 0 N–H and O–H groups in total. The lowest BCUT2D eigenvalue weighted by atomic mass is 9.80. The van der Waals surface area contributed by atoms with Crippen LogP contribution < -0.4 is 0 Å². The molecule has 0 aromatic rings. The molecule has 0 aliphatic rings. The average Bonchev–Trinajstić information content (AvgIpc) is 2.55. The van der Waals surface area contributed by atoms with E-state index in [4.69, 9.17) is 0 Å². The predicted octanol–water partition coefficient (Wildman–Crippen LogP) is 6.26. The SMILES string of the molecule is CCCCCCCCCCCC(C=O)(C=O)CCCCCC. The Balaban J connectivity index is 3.72. The van der Waals surface area contributed by atoms with Crippen LogP contribution in [0.5, 0.6) is 0 Å². The number of carbonyl (C=O) groups excluding carboxylic acids is 2. The molecule has 2 nitrogen and oxygen atoms in total. The van der Waals surface area contributed by atoms with Gasteiger partial charge in [-0.2, -0.15) is 0 Å². The molecule has 130 valence electrons. The van der Waals surface area contributed by atoms with Gasteiger partial charge in [-0.15, -0.1) is 0 Å². The maximum Gasteiger partial charge on any atom is 0.133 e. The van der Waals surface area contributed by atoms with Crippen LogP contribution in [0.1, 0.15) is 110 Å². The fourth-order valence-electron chi connectivity index (χ4n) is 3.03. The van der Waals surface area contributed by atoms with Crippen LogP contribution in [0, 0.1) is 5.41 Å². The smallest absolute Gasteiger partial charge is 0.133 e. The summed E-state index contributed by atoms with van der Waals surface area (Å²) < 4.78 is 0. The van der Waals surface area contributed by atoms with Gasteiger partial charge in [0.25, 0.3) is 0 Å². The summed E-state index contributed by atoms with van der Waals surface area (Å²) in [5.74, 6) is 0. The molecule has 0 amide bonds. The zero-order chi connectivity index (χ0) is 16.5. The van der Waals surface area contributed by atoms with E-state index in [-0.39, 0.29) is 0 Å². The van der Waals surface area contributed by atoms with E-state index in [0.717, 1.165) is 51.1 Å². The first-order chi connectivity index (χ1) is 10.7. The Labute approximate surface area is 138 Å². The van der Waals surface area contributed by atoms with Crippen molar-refractivity contribution < 1.29 is 9.59 Å². The summed E-state index contributed by atoms with van der Waals surface area (Å²) in [6.45, 7) is 4.42. The molecule has 0 atom stereocenters. The molecule has 0 spiro atoms. The highest BCUT2D eigenvalue weighted by molar-refractivity contribution is 5.83. The van der Waals surface area contributed by atoms with Crippen LogP contribution in [0.15, 0.2) is 0 Å². The predicted molar refractivity (Wildman–Crippen MR) is 95.2 cm³/mol. The van der Waals surface area contributed by atoms with E-state index in [1.807, 2.05) is 0 Å². The van der Waals surface area contributed by atoms with Crippen molar-refractivity contribution in [1.29, 1.82) is 0 Å². The third-order valence-corrected chi connectivity index (χ3v) is 4.71. The quantitative estimate of drug-likeness (QED) is 0.180. The summed E-state index contributed by atoms with van der Waals surface area (Å²) in [7, 11) is 0. The number of hydrogen-bond donors (Lipinski definition) is 0. The van der Waals surface area contributed by atoms with Gasteiger partial charge in [0.05, 0.1) is 5.41 Å². The van der Waals surface area contributed by atoms with Crippen molar-refractivity contribution in [3.8, 4) is 0 Å². The second-order valence-electron chi connectivity index (χ2n) is 6.86. The first kappa shape index (κ1) is 21.3. The highest BCUT2D eigenvalue weighted by atomic mass is 16.1. The van der Waals surface area contributed by atoms with Gasteiger partial charge in [0, 0.05) is 0 Å². The Hall–Kier alpha value is -0.660. The van der Waals surface area contributed by atoms with Crippen LogP contribution in [-0.2, 0) is 9.59 Å².